The Morgan fingerprint density at radius 2 is 1.96 bits per heavy atom. The molecule has 0 aliphatic heterocycles. The minimum absolute atomic E-state index is 0.163. The third-order valence-electron chi connectivity index (χ3n) is 3.98. The quantitative estimate of drug-likeness (QED) is 0.669. The fourth-order valence-corrected chi connectivity index (χ4v) is 2.78. The zero-order chi connectivity index (χ0) is 19.2. The zero-order valence-corrected chi connectivity index (χ0v) is 15.9. The molecule has 1 aromatic heterocycles. The van der Waals surface area contributed by atoms with E-state index in [4.69, 9.17) is 21.1 Å². The summed E-state index contributed by atoms with van der Waals surface area (Å²) in [6.07, 6.45) is 0. The molecule has 7 heteroatoms. The number of H-pyrrole nitrogens is 1. The van der Waals surface area contributed by atoms with Gasteiger partial charge in [0.1, 0.15) is 18.1 Å². The molecule has 27 heavy (non-hydrogen) atoms. The first-order valence-corrected chi connectivity index (χ1v) is 8.74. The van der Waals surface area contributed by atoms with Gasteiger partial charge in [-0.2, -0.15) is 5.10 Å². The van der Waals surface area contributed by atoms with Crippen LogP contribution in [-0.4, -0.2) is 35.2 Å². The Hall–Kier alpha value is -2.99. The molecule has 2 aromatic carbocycles. The van der Waals surface area contributed by atoms with Gasteiger partial charge in [-0.25, -0.2) is 0 Å². The fourth-order valence-electron chi connectivity index (χ4n) is 2.55. The number of carbonyl (C=O) groups excluding carboxylic acids is 1. The predicted octanol–water partition coefficient (Wildman–Crippen LogP) is 3.92. The van der Waals surface area contributed by atoms with Crippen LogP contribution in [0.15, 0.2) is 54.6 Å². The summed E-state index contributed by atoms with van der Waals surface area (Å²) in [7, 11) is 3.32. The number of aromatic nitrogens is 2. The summed E-state index contributed by atoms with van der Waals surface area (Å²) in [5.41, 5.74) is 2.08. The van der Waals surface area contributed by atoms with Crippen molar-refractivity contribution in [2.75, 3.05) is 14.2 Å². The van der Waals surface area contributed by atoms with Crippen LogP contribution in [0.3, 0.4) is 0 Å². The highest BCUT2D eigenvalue weighted by Crippen LogP contribution is 2.29. The molecular formula is C20H20ClN3O3. The number of halogens is 1. The van der Waals surface area contributed by atoms with Crippen LogP contribution in [0.25, 0.3) is 0 Å². The summed E-state index contributed by atoms with van der Waals surface area (Å²) in [5.74, 6) is 1.02. The van der Waals surface area contributed by atoms with Gasteiger partial charge in [-0.1, -0.05) is 41.9 Å². The third kappa shape index (κ3) is 4.80. The monoisotopic (exact) mass is 385 g/mol. The topological polar surface area (TPSA) is 67.5 Å². The number of hydrogen-bond donors (Lipinski definition) is 1. The lowest BCUT2D eigenvalue weighted by atomic mass is 10.2. The van der Waals surface area contributed by atoms with Crippen molar-refractivity contribution < 1.29 is 14.3 Å². The Balaban J connectivity index is 1.60. The minimum Gasteiger partial charge on any atom is -0.497 e. The average molecular weight is 386 g/mol. The molecular weight excluding hydrogens is 366 g/mol. The van der Waals surface area contributed by atoms with Crippen molar-refractivity contribution in [1.29, 1.82) is 0 Å². The molecule has 1 amide bonds. The van der Waals surface area contributed by atoms with Crippen molar-refractivity contribution in [2.24, 2.45) is 0 Å². The Kier molecular flexibility index (Phi) is 5.98. The van der Waals surface area contributed by atoms with Gasteiger partial charge in [0.15, 0.2) is 5.69 Å². The van der Waals surface area contributed by atoms with Crippen molar-refractivity contribution in [2.45, 2.75) is 13.2 Å². The normalized spacial score (nSPS) is 10.5. The van der Waals surface area contributed by atoms with E-state index in [1.165, 1.54) is 0 Å². The number of nitrogens with one attached hydrogen (secondary N) is 1. The SMILES string of the molecule is COc1ccc(OCc2cc(C(=O)N(C)Cc3ccccc3)n[nH]2)c(Cl)c1. The van der Waals surface area contributed by atoms with E-state index in [2.05, 4.69) is 10.2 Å². The lowest BCUT2D eigenvalue weighted by Gasteiger charge is -2.15. The van der Waals surface area contributed by atoms with Crippen LogP contribution < -0.4 is 9.47 Å². The molecule has 0 aliphatic carbocycles. The van der Waals surface area contributed by atoms with Crippen molar-refractivity contribution in [3.8, 4) is 11.5 Å². The minimum atomic E-state index is -0.163. The first kappa shape index (κ1) is 18.8. The molecule has 0 bridgehead atoms. The summed E-state index contributed by atoms with van der Waals surface area (Å²) in [4.78, 5) is 14.2. The Labute approximate surface area is 162 Å². The smallest absolute Gasteiger partial charge is 0.274 e. The van der Waals surface area contributed by atoms with E-state index in [1.807, 2.05) is 30.3 Å². The predicted molar refractivity (Wildman–Crippen MR) is 103 cm³/mol. The highest BCUT2D eigenvalue weighted by Gasteiger charge is 2.16. The van der Waals surface area contributed by atoms with Crippen LogP contribution in [-0.2, 0) is 13.2 Å². The number of ether oxygens (including phenoxy) is 2. The largest absolute Gasteiger partial charge is 0.497 e. The summed E-state index contributed by atoms with van der Waals surface area (Å²) in [6.45, 7) is 0.731. The van der Waals surface area contributed by atoms with Crippen LogP contribution in [0, 0.1) is 0 Å². The fraction of sp³-hybridized carbons (Fsp3) is 0.200. The zero-order valence-electron chi connectivity index (χ0n) is 15.1. The maximum Gasteiger partial charge on any atom is 0.274 e. The molecule has 3 aromatic rings. The van der Waals surface area contributed by atoms with Gasteiger partial charge in [0.2, 0.25) is 0 Å². The highest BCUT2D eigenvalue weighted by molar-refractivity contribution is 6.32. The van der Waals surface area contributed by atoms with Gasteiger partial charge in [-0.3, -0.25) is 9.89 Å². The van der Waals surface area contributed by atoms with Gasteiger partial charge < -0.3 is 14.4 Å². The van der Waals surface area contributed by atoms with Gasteiger partial charge in [-0.15, -0.1) is 0 Å². The number of hydrogen-bond acceptors (Lipinski definition) is 4. The second-order valence-electron chi connectivity index (χ2n) is 6.01. The number of benzene rings is 2. The summed E-state index contributed by atoms with van der Waals surface area (Å²) >= 11 is 6.16. The summed E-state index contributed by atoms with van der Waals surface area (Å²) in [6, 6.07) is 16.7. The van der Waals surface area contributed by atoms with Gasteiger partial charge in [-0.05, 0) is 23.8 Å². The van der Waals surface area contributed by atoms with Gasteiger partial charge in [0.25, 0.3) is 5.91 Å². The molecule has 0 radical (unpaired) electrons. The second kappa shape index (κ2) is 8.60. The lowest BCUT2D eigenvalue weighted by Crippen LogP contribution is -2.26. The number of carbonyl (C=O) groups is 1. The average Bonchev–Trinajstić information content (AvgIpc) is 3.16. The van der Waals surface area contributed by atoms with E-state index >= 15 is 0 Å². The maximum atomic E-state index is 12.5. The number of methoxy groups -OCH3 is 1. The van der Waals surface area contributed by atoms with Crippen LogP contribution in [0.5, 0.6) is 11.5 Å². The van der Waals surface area contributed by atoms with Crippen LogP contribution in [0.1, 0.15) is 21.7 Å². The Morgan fingerprint density at radius 1 is 1.19 bits per heavy atom. The van der Waals surface area contributed by atoms with Gasteiger partial charge in [0.05, 0.1) is 17.8 Å². The molecule has 0 fully saturated rings. The van der Waals surface area contributed by atoms with E-state index in [0.29, 0.717) is 34.5 Å². The number of rotatable bonds is 7. The highest BCUT2D eigenvalue weighted by atomic mass is 35.5. The Morgan fingerprint density at radius 3 is 2.67 bits per heavy atom. The molecule has 6 nitrogen and oxygen atoms in total. The molecule has 140 valence electrons. The third-order valence-corrected chi connectivity index (χ3v) is 4.28. The molecule has 1 N–H and O–H groups in total. The standard InChI is InChI=1S/C20H20ClN3O3/c1-24(12-14-6-4-3-5-7-14)20(25)18-10-15(22-23-18)13-27-19-9-8-16(26-2)11-17(19)21/h3-11H,12-13H2,1-2H3,(H,22,23). The summed E-state index contributed by atoms with van der Waals surface area (Å²) in [5, 5.41) is 7.37. The van der Waals surface area contributed by atoms with E-state index in [9.17, 15) is 4.79 Å². The van der Waals surface area contributed by atoms with Gasteiger partial charge >= 0.3 is 0 Å². The molecule has 0 aliphatic rings. The molecule has 3 rings (SSSR count). The Bertz CT molecular complexity index is 912. The maximum absolute atomic E-state index is 12.5. The molecule has 0 spiro atoms. The molecule has 1 heterocycles. The van der Waals surface area contributed by atoms with Crippen molar-refractivity contribution in [1.82, 2.24) is 15.1 Å². The van der Waals surface area contributed by atoms with Crippen LogP contribution in [0.2, 0.25) is 5.02 Å². The number of aromatic amines is 1. The van der Waals surface area contributed by atoms with E-state index < -0.39 is 0 Å². The lowest BCUT2D eigenvalue weighted by molar-refractivity contribution is 0.0779. The van der Waals surface area contributed by atoms with Crippen LogP contribution >= 0.6 is 11.6 Å². The van der Waals surface area contributed by atoms with E-state index in [0.717, 1.165) is 5.56 Å². The molecule has 0 atom stereocenters. The van der Waals surface area contributed by atoms with Crippen molar-refractivity contribution in [3.63, 3.8) is 0 Å². The number of nitrogens with zero attached hydrogens (tertiary/aromatic N) is 2. The first-order valence-electron chi connectivity index (χ1n) is 8.37. The number of amides is 1. The second-order valence-corrected chi connectivity index (χ2v) is 6.42. The molecule has 0 saturated carbocycles. The summed E-state index contributed by atoms with van der Waals surface area (Å²) < 4.78 is 10.8. The molecule has 0 unspecified atom stereocenters. The van der Waals surface area contributed by atoms with Crippen molar-refractivity contribution >= 4 is 17.5 Å². The van der Waals surface area contributed by atoms with Crippen LogP contribution in [0.4, 0.5) is 0 Å². The molecule has 0 saturated heterocycles. The van der Waals surface area contributed by atoms with E-state index in [-0.39, 0.29) is 12.5 Å². The first-order chi connectivity index (χ1) is 13.1. The van der Waals surface area contributed by atoms with Gasteiger partial charge in [0, 0.05) is 19.7 Å². The van der Waals surface area contributed by atoms with E-state index in [1.54, 1.807) is 43.3 Å². The van der Waals surface area contributed by atoms with Crippen molar-refractivity contribution in [3.05, 3.63) is 76.6 Å².